The van der Waals surface area contributed by atoms with E-state index in [4.69, 9.17) is 5.11 Å². The van der Waals surface area contributed by atoms with Crippen LogP contribution < -0.4 is 10.6 Å². The van der Waals surface area contributed by atoms with Crippen molar-refractivity contribution in [3.63, 3.8) is 0 Å². The predicted molar refractivity (Wildman–Crippen MR) is 98.5 cm³/mol. The first-order chi connectivity index (χ1) is 12.8. The molecule has 0 saturated carbocycles. The van der Waals surface area contributed by atoms with Crippen LogP contribution in [0.3, 0.4) is 0 Å². The maximum Gasteiger partial charge on any atom is 0.245 e. The number of aliphatic hydroxyl groups excluding tert-OH is 1. The number of aromatic nitrogens is 2. The highest BCUT2D eigenvalue weighted by atomic mass is 16.3. The second-order valence-corrected chi connectivity index (χ2v) is 7.11. The second kappa shape index (κ2) is 9.50. The molecule has 3 N–H and O–H groups in total. The topological polar surface area (TPSA) is 117 Å². The number of hydrogen-bond donors (Lipinski definition) is 3. The van der Waals surface area contributed by atoms with E-state index < -0.39 is 6.04 Å². The lowest BCUT2D eigenvalue weighted by Gasteiger charge is -2.32. The molecule has 0 saturated heterocycles. The highest BCUT2D eigenvalue weighted by molar-refractivity contribution is 5.87. The first kappa shape index (κ1) is 20.9. The van der Waals surface area contributed by atoms with Crippen molar-refractivity contribution >= 4 is 17.7 Å². The molecular weight excluding hydrogens is 350 g/mol. The van der Waals surface area contributed by atoms with Gasteiger partial charge < -0.3 is 20.6 Å². The van der Waals surface area contributed by atoms with Gasteiger partial charge in [0.2, 0.25) is 17.7 Å². The Hall–Kier alpha value is -2.42. The summed E-state index contributed by atoms with van der Waals surface area (Å²) in [4.78, 5) is 37.6. The number of fused-ring (bicyclic) bond motifs is 1. The van der Waals surface area contributed by atoms with Crippen molar-refractivity contribution < 1.29 is 19.5 Å². The molecule has 0 aromatic carbocycles. The molecule has 2 heterocycles. The maximum atomic E-state index is 12.8. The molecule has 0 bridgehead atoms. The largest absolute Gasteiger partial charge is 0.395 e. The van der Waals surface area contributed by atoms with E-state index in [0.717, 1.165) is 11.4 Å². The van der Waals surface area contributed by atoms with Gasteiger partial charge in [0.25, 0.3) is 0 Å². The van der Waals surface area contributed by atoms with Gasteiger partial charge in [-0.25, -0.2) is 0 Å². The summed E-state index contributed by atoms with van der Waals surface area (Å²) in [6.07, 6.45) is 0.808. The lowest BCUT2D eigenvalue weighted by atomic mass is 10.0. The van der Waals surface area contributed by atoms with Crippen molar-refractivity contribution in [3.8, 4) is 0 Å². The van der Waals surface area contributed by atoms with Crippen molar-refractivity contribution in [1.82, 2.24) is 25.3 Å². The van der Waals surface area contributed by atoms with Gasteiger partial charge in [0.05, 0.1) is 31.1 Å². The van der Waals surface area contributed by atoms with Crippen LogP contribution in [0.2, 0.25) is 0 Å². The minimum absolute atomic E-state index is 0.00114. The fourth-order valence-electron chi connectivity index (χ4n) is 3.09. The Labute approximate surface area is 159 Å². The molecule has 0 radical (unpaired) electrons. The molecule has 1 aromatic rings. The first-order valence-electron chi connectivity index (χ1n) is 9.31. The summed E-state index contributed by atoms with van der Waals surface area (Å²) < 4.78 is 1.87. The van der Waals surface area contributed by atoms with Crippen molar-refractivity contribution in [3.05, 3.63) is 17.5 Å². The highest BCUT2D eigenvalue weighted by Gasteiger charge is 2.30. The summed E-state index contributed by atoms with van der Waals surface area (Å²) in [5, 5.41) is 18.6. The molecule has 1 atom stereocenters. The van der Waals surface area contributed by atoms with Crippen LogP contribution in [-0.2, 0) is 33.9 Å². The molecular formula is C18H29N5O4. The Bertz CT molecular complexity index is 685. The zero-order chi connectivity index (χ0) is 20.0. The first-order valence-corrected chi connectivity index (χ1v) is 9.31. The Balaban J connectivity index is 1.97. The van der Waals surface area contributed by atoms with E-state index in [2.05, 4.69) is 15.7 Å². The number of carbonyl (C=O) groups excluding carboxylic acids is 3. The molecule has 150 valence electrons. The third-order valence-corrected chi connectivity index (χ3v) is 4.49. The quantitative estimate of drug-likeness (QED) is 0.559. The van der Waals surface area contributed by atoms with E-state index in [0.29, 0.717) is 32.5 Å². The van der Waals surface area contributed by atoms with Gasteiger partial charge in [-0.05, 0) is 12.0 Å². The van der Waals surface area contributed by atoms with E-state index in [1.807, 2.05) is 24.6 Å². The number of nitrogens with zero attached hydrogens (tertiary/aromatic N) is 3. The molecule has 1 aliphatic rings. The van der Waals surface area contributed by atoms with E-state index in [9.17, 15) is 14.4 Å². The van der Waals surface area contributed by atoms with E-state index in [1.165, 1.54) is 6.92 Å². The van der Waals surface area contributed by atoms with Gasteiger partial charge in [-0.3, -0.25) is 19.1 Å². The van der Waals surface area contributed by atoms with Gasteiger partial charge in [-0.15, -0.1) is 0 Å². The number of rotatable bonds is 8. The van der Waals surface area contributed by atoms with E-state index in [1.54, 1.807) is 4.90 Å². The fraction of sp³-hybridized carbons (Fsp3) is 0.667. The van der Waals surface area contributed by atoms with Crippen molar-refractivity contribution in [2.45, 2.75) is 52.7 Å². The summed E-state index contributed by atoms with van der Waals surface area (Å²) in [6, 6.07) is 1.38. The molecule has 2 rings (SSSR count). The third-order valence-electron chi connectivity index (χ3n) is 4.49. The van der Waals surface area contributed by atoms with Gasteiger partial charge >= 0.3 is 0 Å². The number of carbonyl (C=O) groups is 3. The molecule has 0 unspecified atom stereocenters. The van der Waals surface area contributed by atoms with Crippen LogP contribution in [0.5, 0.6) is 0 Å². The number of aryl methyl sites for hydroxylation is 1. The summed E-state index contributed by atoms with van der Waals surface area (Å²) in [6.45, 7) is 6.96. The molecule has 1 aliphatic heterocycles. The van der Waals surface area contributed by atoms with Gasteiger partial charge in [-0.2, -0.15) is 5.10 Å². The average Bonchev–Trinajstić information content (AvgIpc) is 3.03. The summed E-state index contributed by atoms with van der Waals surface area (Å²) in [7, 11) is 0. The molecule has 0 fully saturated rings. The fourth-order valence-corrected chi connectivity index (χ4v) is 3.09. The molecule has 9 heteroatoms. The summed E-state index contributed by atoms with van der Waals surface area (Å²) in [5.74, 6) is -0.424. The zero-order valence-corrected chi connectivity index (χ0v) is 16.2. The molecule has 0 aliphatic carbocycles. The SMILES string of the molecule is CC(=O)N[C@@H](C(=O)N1CCn2nc(CCC(=O)NCCO)cc2C1)C(C)C. The maximum absolute atomic E-state index is 12.8. The van der Waals surface area contributed by atoms with Gasteiger partial charge in [0.15, 0.2) is 0 Å². The minimum atomic E-state index is -0.535. The monoisotopic (exact) mass is 379 g/mol. The number of nitrogens with one attached hydrogen (secondary N) is 2. The molecule has 1 aromatic heterocycles. The van der Waals surface area contributed by atoms with Crippen LogP contribution in [0.1, 0.15) is 38.6 Å². The molecule has 9 nitrogen and oxygen atoms in total. The molecule has 27 heavy (non-hydrogen) atoms. The molecule has 3 amide bonds. The smallest absolute Gasteiger partial charge is 0.245 e. The Morgan fingerprint density at radius 1 is 1.30 bits per heavy atom. The van der Waals surface area contributed by atoms with E-state index >= 15 is 0 Å². The summed E-state index contributed by atoms with van der Waals surface area (Å²) >= 11 is 0. The predicted octanol–water partition coefficient (Wildman–Crippen LogP) is -0.573. The molecule has 0 spiro atoms. The Kier molecular flexibility index (Phi) is 7.35. The Morgan fingerprint density at radius 3 is 2.67 bits per heavy atom. The second-order valence-electron chi connectivity index (χ2n) is 7.11. The van der Waals surface area contributed by atoms with Gasteiger partial charge in [0.1, 0.15) is 6.04 Å². The van der Waals surface area contributed by atoms with Crippen LogP contribution in [0, 0.1) is 5.92 Å². The van der Waals surface area contributed by atoms with Crippen molar-refractivity contribution in [1.29, 1.82) is 0 Å². The van der Waals surface area contributed by atoms with Crippen LogP contribution in [0.15, 0.2) is 6.07 Å². The van der Waals surface area contributed by atoms with Gasteiger partial charge in [-0.1, -0.05) is 13.8 Å². The lowest BCUT2D eigenvalue weighted by molar-refractivity contribution is -0.138. The van der Waals surface area contributed by atoms with Crippen LogP contribution in [0.25, 0.3) is 0 Å². The summed E-state index contributed by atoms with van der Waals surface area (Å²) in [5.41, 5.74) is 1.73. The Morgan fingerprint density at radius 2 is 2.04 bits per heavy atom. The number of hydrogen-bond acceptors (Lipinski definition) is 5. The third kappa shape index (κ3) is 5.78. The lowest BCUT2D eigenvalue weighted by Crippen LogP contribution is -2.52. The zero-order valence-electron chi connectivity index (χ0n) is 16.2. The van der Waals surface area contributed by atoms with Crippen molar-refractivity contribution in [2.24, 2.45) is 5.92 Å². The minimum Gasteiger partial charge on any atom is -0.395 e. The van der Waals surface area contributed by atoms with Crippen LogP contribution in [-0.4, -0.2) is 63.2 Å². The van der Waals surface area contributed by atoms with Crippen LogP contribution in [0.4, 0.5) is 0 Å². The normalized spacial score (nSPS) is 14.6. The van der Waals surface area contributed by atoms with Gasteiger partial charge in [0, 0.05) is 32.9 Å². The standard InChI is InChI=1S/C18H29N5O4/c1-12(2)17(20-13(3)25)18(27)22-7-8-23-15(11-22)10-14(21-23)4-5-16(26)19-6-9-24/h10,12,17,24H,4-9,11H2,1-3H3,(H,19,26)(H,20,25)/t17-/m1/s1. The van der Waals surface area contributed by atoms with E-state index in [-0.39, 0.29) is 36.8 Å². The van der Waals surface area contributed by atoms with Crippen LogP contribution >= 0.6 is 0 Å². The number of amides is 3. The number of aliphatic hydroxyl groups is 1. The highest BCUT2D eigenvalue weighted by Crippen LogP contribution is 2.17. The average molecular weight is 379 g/mol. The van der Waals surface area contributed by atoms with Crippen molar-refractivity contribution in [2.75, 3.05) is 19.7 Å².